The first-order chi connectivity index (χ1) is 54.7. The molecule has 116 heavy (non-hydrogen) atoms. The zero-order chi connectivity index (χ0) is 87.6. The number of nitrogens with one attached hydrogen (secondary N) is 13. The van der Waals surface area contributed by atoms with Crippen LogP contribution < -0.4 is 109 Å². The average Bonchev–Trinajstić information content (AvgIpc) is 1.82. The number of carbonyl (C=O) groups is 15. The summed E-state index contributed by atoms with van der Waals surface area (Å²) in [4.78, 5) is 215. The van der Waals surface area contributed by atoms with Gasteiger partial charge in [0, 0.05) is 26.1 Å². The highest BCUT2D eigenvalue weighted by atomic mass is 16.4. The van der Waals surface area contributed by atoms with Gasteiger partial charge in [0.05, 0.1) is 37.9 Å². The molecule has 0 saturated carbocycles. The highest BCUT2D eigenvalue weighted by Gasteiger charge is 2.40. The van der Waals surface area contributed by atoms with Crippen LogP contribution in [0, 0.1) is 17.8 Å². The maximum absolute atomic E-state index is 14.4. The van der Waals surface area contributed by atoms with Gasteiger partial charge < -0.3 is 140 Å². The lowest BCUT2D eigenvalue weighted by atomic mass is 9.95. The molecule has 1 aliphatic rings. The number of hydrogen-bond acceptors (Lipinski definition) is 24. The van der Waals surface area contributed by atoms with E-state index >= 15 is 0 Å². The minimum atomic E-state index is -1.78. The van der Waals surface area contributed by atoms with Crippen LogP contribution >= 0.6 is 0 Å². The number of carboxylic acid groups (broad SMARTS) is 1. The molecule has 0 unspecified atom stereocenters. The molecule has 0 radical (unpaired) electrons. The minimum Gasteiger partial charge on any atom is -0.508 e. The lowest BCUT2D eigenvalue weighted by Gasteiger charge is -2.30. The van der Waals surface area contributed by atoms with Crippen molar-refractivity contribution in [2.45, 2.75) is 249 Å². The largest absolute Gasteiger partial charge is 0.508 e. The first-order valence-corrected chi connectivity index (χ1v) is 39.1. The first kappa shape index (κ1) is 101. The molecule has 1 fully saturated rings. The third kappa shape index (κ3) is 36.0. The van der Waals surface area contributed by atoms with E-state index in [0.29, 0.717) is 37.7 Å². The van der Waals surface area contributed by atoms with E-state index in [1.165, 1.54) is 43.0 Å². The molecule has 32 N–H and O–H groups in total. The van der Waals surface area contributed by atoms with Gasteiger partial charge >= 0.3 is 5.97 Å². The molecule has 0 bridgehead atoms. The fraction of sp³-hybridized carbons (Fsp3) is 0.685. The van der Waals surface area contributed by atoms with Gasteiger partial charge in [0.2, 0.25) is 82.7 Å². The van der Waals surface area contributed by atoms with Crippen LogP contribution in [0.2, 0.25) is 0 Å². The number of aliphatic hydroxyl groups is 3. The molecule has 14 amide bonds. The van der Waals surface area contributed by atoms with Gasteiger partial charge in [0.1, 0.15) is 72.2 Å². The second kappa shape index (κ2) is 52.8. The van der Waals surface area contributed by atoms with Crippen LogP contribution in [0.25, 0.3) is 0 Å². The van der Waals surface area contributed by atoms with Crippen molar-refractivity contribution in [3.8, 4) is 5.75 Å². The Morgan fingerprint density at radius 3 is 1.43 bits per heavy atom. The van der Waals surface area contributed by atoms with E-state index in [0.717, 1.165) is 6.92 Å². The maximum atomic E-state index is 14.4. The van der Waals surface area contributed by atoms with Gasteiger partial charge in [0.25, 0.3) is 0 Å². The van der Waals surface area contributed by atoms with Crippen molar-refractivity contribution in [1.29, 1.82) is 0 Å². The number of hydrogen-bond donors (Lipinski definition) is 25. The fourth-order valence-electron chi connectivity index (χ4n) is 11.9. The van der Waals surface area contributed by atoms with Gasteiger partial charge in [-0.05, 0) is 146 Å². The second-order valence-corrected chi connectivity index (χ2v) is 29.2. The number of phenolic OH excluding ortho intramolecular Hbond substituents is 1. The summed E-state index contributed by atoms with van der Waals surface area (Å²) in [5.41, 5.74) is 39.7. The molecule has 1 aromatic rings. The summed E-state index contributed by atoms with van der Waals surface area (Å²) in [6.45, 7) is 11.6. The SMILES string of the molecule is CC[C@H](C)[C@H](NC(=O)[C@H](CO)NC(=O)[C@H](CCCCN)NC(=O)[C@@H](N)CCCN=C(N)N)C(=O)N[C@H](C(=O)N[C@@H](CCCCN)C(=O)NCC(=O)N1CCC[C@H]1C(=O)NCC(=O)N[C@@H](CCCN=C(N)N)C(=O)N[C@H](C(=O)N[C@H](C(=O)N[C@@H](Cc1ccc(O)cc1)C(=O)N[C@@H](C)C(=O)N[C@H](C(=O)O)[C@@H](C)O)[C@@H](C)CC)C(C)C)[C@@H](C)O. The van der Waals surface area contributed by atoms with Crippen molar-refractivity contribution >= 4 is 101 Å². The monoisotopic (exact) mass is 1650 g/mol. The number of aromatic hydroxyl groups is 1. The number of amides is 14. The van der Waals surface area contributed by atoms with Crippen molar-refractivity contribution in [3.05, 3.63) is 29.8 Å². The highest BCUT2D eigenvalue weighted by molar-refractivity contribution is 6.00. The number of rotatable bonds is 54. The van der Waals surface area contributed by atoms with E-state index in [2.05, 4.69) is 79.1 Å². The number of likely N-dealkylation sites (tertiary alicyclic amines) is 1. The van der Waals surface area contributed by atoms with Gasteiger partial charge in [-0.2, -0.15) is 0 Å². The van der Waals surface area contributed by atoms with Crippen molar-refractivity contribution in [3.63, 3.8) is 0 Å². The van der Waals surface area contributed by atoms with Crippen LogP contribution in [-0.4, -0.2) is 274 Å². The summed E-state index contributed by atoms with van der Waals surface area (Å²) in [6.07, 6.45) is -0.466. The summed E-state index contributed by atoms with van der Waals surface area (Å²) in [7, 11) is 0. The van der Waals surface area contributed by atoms with Crippen LogP contribution in [-0.2, 0) is 78.3 Å². The van der Waals surface area contributed by atoms with Crippen LogP contribution in [0.1, 0.15) is 158 Å². The number of carbonyl (C=O) groups excluding carboxylic acids is 14. The quantitative estimate of drug-likeness (QED) is 0.0164. The molecule has 1 saturated heterocycles. The number of nitrogens with two attached hydrogens (primary N) is 7. The van der Waals surface area contributed by atoms with E-state index in [4.69, 9.17) is 40.1 Å². The molecule has 1 aliphatic heterocycles. The number of benzene rings is 1. The predicted molar refractivity (Wildman–Crippen MR) is 425 cm³/mol. The number of nitrogens with zero attached hydrogens (tertiary/aromatic N) is 3. The Labute approximate surface area is 674 Å². The number of aliphatic carboxylic acids is 1. The molecule has 0 spiro atoms. The van der Waals surface area contributed by atoms with Crippen molar-refractivity contribution in [2.24, 2.45) is 67.9 Å². The summed E-state index contributed by atoms with van der Waals surface area (Å²) in [5, 5.41) is 83.2. The Hall–Kier alpha value is -10.6. The van der Waals surface area contributed by atoms with Gasteiger partial charge in [-0.3, -0.25) is 77.1 Å². The van der Waals surface area contributed by atoms with Gasteiger partial charge in [-0.15, -0.1) is 0 Å². The minimum absolute atomic E-state index is 0.0121. The van der Waals surface area contributed by atoms with E-state index in [1.807, 2.05) is 0 Å². The zero-order valence-corrected chi connectivity index (χ0v) is 67.7. The Morgan fingerprint density at radius 1 is 0.483 bits per heavy atom. The van der Waals surface area contributed by atoms with Crippen LogP contribution in [0.15, 0.2) is 34.3 Å². The third-order valence-corrected chi connectivity index (χ3v) is 19.3. The fourth-order valence-corrected chi connectivity index (χ4v) is 11.9. The number of unbranched alkanes of at least 4 members (excludes halogenated alkanes) is 2. The molecule has 17 atom stereocenters. The molecule has 43 heteroatoms. The number of guanidine groups is 2. The van der Waals surface area contributed by atoms with E-state index in [1.54, 1.807) is 41.5 Å². The van der Waals surface area contributed by atoms with E-state index in [9.17, 15) is 97.5 Å². The molecule has 43 nitrogen and oxygen atoms in total. The molecular formula is C73H127N23O20. The van der Waals surface area contributed by atoms with Gasteiger partial charge in [0.15, 0.2) is 18.0 Å². The summed E-state index contributed by atoms with van der Waals surface area (Å²) < 4.78 is 0. The van der Waals surface area contributed by atoms with Crippen molar-refractivity contribution in [1.82, 2.24) is 74.0 Å². The highest BCUT2D eigenvalue weighted by Crippen LogP contribution is 2.20. The lowest BCUT2D eigenvalue weighted by molar-refractivity contribution is -0.145. The lowest BCUT2D eigenvalue weighted by Crippen LogP contribution is -2.62. The average molecular weight is 1650 g/mol. The van der Waals surface area contributed by atoms with Gasteiger partial charge in [-0.1, -0.05) is 66.5 Å². The number of carboxylic acids is 1. The molecule has 2 rings (SSSR count). The zero-order valence-electron chi connectivity index (χ0n) is 67.7. The second-order valence-electron chi connectivity index (χ2n) is 29.2. The standard InChI is InChI=1S/C73H127N23O20/c1-10-38(5)55(68(112)89-49(33-43-24-26-44(100)27-25-43)64(108)85-40(7)59(103)95-58(42(9)99)71(115)116)93-67(111)54(37(3)4)91-63(107)47(22-17-31-82-73(79)80)86-52(101)34-83-66(110)51-23-18-32-96(51)53(102)35-84-61(105)46(20-12-14-28-74)88-70(114)57(41(8)98)94-69(113)56(39(6)11-2)92-65(109)50(36-97)90-62(106)48(21-13-15-29-75)87-60(104)45(76)19-16-30-81-72(77)78/h24-27,37-42,45-51,54-58,97-100H,10-23,28-36,74-76H2,1-9H3,(H,83,110)(H,84,105)(H,85,108)(H,86,101)(H,87,104)(H,88,114)(H,89,112)(H,90,106)(H,91,107)(H,92,109)(H,93,111)(H,94,113)(H,95,103)(H,115,116)(H4,77,78,81)(H4,79,80,82)/t38-,39-,40-,41+,42+,45-,46-,47-,48-,49-,50-,51-,54-,55-,56-,57-,58-/m0/s1. The van der Waals surface area contributed by atoms with Crippen molar-refractivity contribution in [2.75, 3.05) is 52.4 Å². The molecule has 0 aromatic heterocycles. The first-order valence-electron chi connectivity index (χ1n) is 39.1. The summed E-state index contributed by atoms with van der Waals surface area (Å²) >= 11 is 0. The smallest absolute Gasteiger partial charge is 0.328 e. The van der Waals surface area contributed by atoms with Crippen molar-refractivity contribution < 1.29 is 97.5 Å². The van der Waals surface area contributed by atoms with Crippen LogP contribution in [0.5, 0.6) is 5.75 Å². The van der Waals surface area contributed by atoms with Gasteiger partial charge in [-0.25, -0.2) is 4.79 Å². The Kier molecular flexibility index (Phi) is 46.2. The number of phenols is 1. The molecule has 1 aromatic carbocycles. The van der Waals surface area contributed by atoms with Crippen LogP contribution in [0.3, 0.4) is 0 Å². The molecule has 0 aliphatic carbocycles. The maximum Gasteiger partial charge on any atom is 0.328 e. The molecule has 654 valence electrons. The summed E-state index contributed by atoms with van der Waals surface area (Å²) in [5.74, 6) is -16.6. The molecular weight excluding hydrogens is 1520 g/mol. The van der Waals surface area contributed by atoms with E-state index in [-0.39, 0.29) is 115 Å². The Bertz CT molecular complexity index is 3470. The predicted octanol–water partition coefficient (Wildman–Crippen LogP) is -8.21. The third-order valence-electron chi connectivity index (χ3n) is 19.3. The normalized spacial score (nSPS) is 16.6. The van der Waals surface area contributed by atoms with Crippen LogP contribution in [0.4, 0.5) is 0 Å². The molecule has 1 heterocycles. The number of aliphatic hydroxyl groups excluding tert-OH is 3. The summed E-state index contributed by atoms with van der Waals surface area (Å²) in [6, 6.07) is -13.0. The van der Waals surface area contributed by atoms with E-state index < -0.39 is 217 Å². The Morgan fingerprint density at radius 2 is 0.914 bits per heavy atom. The number of aliphatic imine (C=N–C) groups is 2. The topological polar surface area (TPSA) is 724 Å². The Balaban J connectivity index is 2.29.